The maximum atomic E-state index is 12.2. The molecule has 0 aromatic heterocycles. The fourth-order valence-corrected chi connectivity index (χ4v) is 3.62. The van der Waals surface area contributed by atoms with Gasteiger partial charge < -0.3 is 0 Å². The molecule has 0 saturated heterocycles. The predicted molar refractivity (Wildman–Crippen MR) is 94.1 cm³/mol. The highest BCUT2D eigenvalue weighted by Gasteiger charge is 2.21. The molecule has 4 nitrogen and oxygen atoms in total. The average molecular weight is 329 g/mol. The molecular weight excluding hydrogens is 306 g/mol. The molecule has 2 rings (SSSR count). The molecule has 5 heteroatoms. The van der Waals surface area contributed by atoms with Gasteiger partial charge in [0.2, 0.25) is 0 Å². The molecule has 2 unspecified atom stereocenters. The second-order valence-corrected chi connectivity index (χ2v) is 7.21. The number of nitriles is 1. The van der Waals surface area contributed by atoms with E-state index in [1.165, 1.54) is 18.2 Å². The first-order valence-corrected chi connectivity index (χ1v) is 9.03. The van der Waals surface area contributed by atoms with Crippen LogP contribution in [0.25, 0.3) is 0 Å². The molecule has 0 spiro atoms. The number of nitrogens with one attached hydrogen (secondary N) is 1. The molecule has 2 atom stereocenters. The Morgan fingerprint density at radius 2 is 2.22 bits per heavy atom. The van der Waals surface area contributed by atoms with Gasteiger partial charge in [0.05, 0.1) is 11.3 Å². The number of nitrogens with zero attached hydrogens (tertiary/aromatic N) is 2. The highest BCUT2D eigenvalue weighted by Crippen LogP contribution is 2.26. The standard InChI is InChI=1S/C18H23N3OS/c1-14(23-16-10-3-2-4-11-16)18(22)21-20-17-12-6-5-8-15(17)9-7-13-19/h2-4,10-11,14-15H,5-9,12H2,1H3,(H,21,22). The van der Waals surface area contributed by atoms with E-state index in [1.54, 1.807) is 0 Å². The Morgan fingerprint density at radius 3 is 2.96 bits per heavy atom. The summed E-state index contributed by atoms with van der Waals surface area (Å²) in [4.78, 5) is 13.3. The van der Waals surface area contributed by atoms with Gasteiger partial charge in [-0.3, -0.25) is 4.79 Å². The van der Waals surface area contributed by atoms with Crippen molar-refractivity contribution in [2.24, 2.45) is 11.0 Å². The lowest BCUT2D eigenvalue weighted by Gasteiger charge is -2.23. The van der Waals surface area contributed by atoms with Crippen LogP contribution in [0.4, 0.5) is 0 Å². The molecule has 0 bridgehead atoms. The van der Waals surface area contributed by atoms with E-state index in [0.29, 0.717) is 12.3 Å². The van der Waals surface area contributed by atoms with Crippen molar-refractivity contribution in [2.75, 3.05) is 0 Å². The van der Waals surface area contributed by atoms with Gasteiger partial charge in [0.15, 0.2) is 0 Å². The number of rotatable bonds is 6. The minimum absolute atomic E-state index is 0.0732. The number of amides is 1. The van der Waals surface area contributed by atoms with Crippen LogP contribution in [0.15, 0.2) is 40.3 Å². The predicted octanol–water partition coefficient (Wildman–Crippen LogP) is 4.13. The van der Waals surface area contributed by atoms with Gasteiger partial charge in [-0.2, -0.15) is 10.4 Å². The molecule has 1 aromatic carbocycles. The summed E-state index contributed by atoms with van der Waals surface area (Å²) in [6, 6.07) is 12.1. The fourth-order valence-electron chi connectivity index (χ4n) is 2.74. The molecule has 0 radical (unpaired) electrons. The van der Waals surface area contributed by atoms with E-state index in [0.717, 1.165) is 36.3 Å². The second kappa shape index (κ2) is 9.36. The Bertz CT molecular complexity index is 580. The smallest absolute Gasteiger partial charge is 0.253 e. The van der Waals surface area contributed by atoms with Gasteiger partial charge in [-0.25, -0.2) is 5.43 Å². The summed E-state index contributed by atoms with van der Waals surface area (Å²) in [6.45, 7) is 1.89. The maximum Gasteiger partial charge on any atom is 0.253 e. The van der Waals surface area contributed by atoms with E-state index in [4.69, 9.17) is 5.26 Å². The molecule has 1 aliphatic rings. The van der Waals surface area contributed by atoms with Crippen LogP contribution < -0.4 is 5.43 Å². The van der Waals surface area contributed by atoms with E-state index in [1.807, 2.05) is 37.3 Å². The third-order valence-electron chi connectivity index (χ3n) is 4.05. The van der Waals surface area contributed by atoms with Crippen LogP contribution in [0.2, 0.25) is 0 Å². The van der Waals surface area contributed by atoms with Crippen LogP contribution >= 0.6 is 11.8 Å². The first-order valence-electron chi connectivity index (χ1n) is 8.15. The summed E-state index contributed by atoms with van der Waals surface area (Å²) in [5.74, 6) is 0.275. The summed E-state index contributed by atoms with van der Waals surface area (Å²) in [6.07, 6.45) is 5.70. The molecule has 23 heavy (non-hydrogen) atoms. The zero-order valence-corrected chi connectivity index (χ0v) is 14.3. The van der Waals surface area contributed by atoms with E-state index in [9.17, 15) is 4.79 Å². The van der Waals surface area contributed by atoms with Gasteiger partial charge in [-0.15, -0.1) is 11.8 Å². The Morgan fingerprint density at radius 1 is 1.43 bits per heavy atom. The molecule has 0 heterocycles. The molecular formula is C18H23N3OS. The fraction of sp³-hybridized carbons (Fsp3) is 0.500. The normalized spacial score (nSPS) is 20.7. The number of carbonyl (C=O) groups is 1. The Hall–Kier alpha value is -1.80. The summed E-state index contributed by atoms with van der Waals surface area (Å²) in [5.41, 5.74) is 3.78. The van der Waals surface area contributed by atoms with Crippen molar-refractivity contribution in [1.29, 1.82) is 5.26 Å². The first-order chi connectivity index (χ1) is 11.2. The monoisotopic (exact) mass is 329 g/mol. The minimum atomic E-state index is -0.192. The quantitative estimate of drug-likeness (QED) is 0.630. The van der Waals surface area contributed by atoms with Crippen LogP contribution in [0.5, 0.6) is 0 Å². The van der Waals surface area contributed by atoms with Gasteiger partial charge in [0.25, 0.3) is 5.91 Å². The zero-order valence-electron chi connectivity index (χ0n) is 13.5. The zero-order chi connectivity index (χ0) is 16.5. The number of carbonyl (C=O) groups excluding carboxylic acids is 1. The van der Waals surface area contributed by atoms with Crippen molar-refractivity contribution in [1.82, 2.24) is 5.43 Å². The Labute approximate surface area is 142 Å². The lowest BCUT2D eigenvalue weighted by atomic mass is 9.84. The summed E-state index contributed by atoms with van der Waals surface area (Å²) in [7, 11) is 0. The number of hydrazone groups is 1. The van der Waals surface area contributed by atoms with Crippen LogP contribution in [0.3, 0.4) is 0 Å². The lowest BCUT2D eigenvalue weighted by Crippen LogP contribution is -2.30. The summed E-state index contributed by atoms with van der Waals surface area (Å²) >= 11 is 1.53. The lowest BCUT2D eigenvalue weighted by molar-refractivity contribution is -0.120. The topological polar surface area (TPSA) is 65.2 Å². The number of hydrogen-bond acceptors (Lipinski definition) is 4. The Kier molecular flexibility index (Phi) is 7.15. The molecule has 1 N–H and O–H groups in total. The van der Waals surface area contributed by atoms with Crippen molar-refractivity contribution in [3.63, 3.8) is 0 Å². The van der Waals surface area contributed by atoms with Crippen molar-refractivity contribution in [3.05, 3.63) is 30.3 Å². The van der Waals surface area contributed by atoms with Crippen LogP contribution in [0.1, 0.15) is 45.4 Å². The molecule has 122 valence electrons. The van der Waals surface area contributed by atoms with Gasteiger partial charge in [-0.1, -0.05) is 24.6 Å². The van der Waals surface area contributed by atoms with Gasteiger partial charge in [0.1, 0.15) is 0 Å². The van der Waals surface area contributed by atoms with E-state index in [2.05, 4.69) is 16.6 Å². The third-order valence-corrected chi connectivity index (χ3v) is 5.16. The van der Waals surface area contributed by atoms with E-state index >= 15 is 0 Å². The first kappa shape index (κ1) is 17.6. The highest BCUT2D eigenvalue weighted by molar-refractivity contribution is 8.00. The van der Waals surface area contributed by atoms with E-state index < -0.39 is 0 Å². The minimum Gasteiger partial charge on any atom is -0.272 e. The maximum absolute atomic E-state index is 12.2. The summed E-state index contributed by atoms with van der Waals surface area (Å²) in [5, 5.41) is 12.9. The van der Waals surface area contributed by atoms with Crippen LogP contribution in [-0.2, 0) is 4.79 Å². The number of benzene rings is 1. The Balaban J connectivity index is 1.89. The average Bonchev–Trinajstić information content (AvgIpc) is 2.59. The van der Waals surface area contributed by atoms with E-state index in [-0.39, 0.29) is 11.2 Å². The molecule has 1 aromatic rings. The van der Waals surface area contributed by atoms with Crippen molar-refractivity contribution < 1.29 is 4.79 Å². The van der Waals surface area contributed by atoms with Crippen molar-refractivity contribution in [3.8, 4) is 6.07 Å². The van der Waals surface area contributed by atoms with Gasteiger partial charge in [-0.05, 0) is 44.7 Å². The number of thioether (sulfide) groups is 1. The molecule has 1 aliphatic carbocycles. The molecule has 1 amide bonds. The molecule has 1 saturated carbocycles. The highest BCUT2D eigenvalue weighted by atomic mass is 32.2. The van der Waals surface area contributed by atoms with Gasteiger partial charge >= 0.3 is 0 Å². The second-order valence-electron chi connectivity index (χ2n) is 5.79. The SMILES string of the molecule is CC(Sc1ccccc1)C(=O)NN=C1CCCCC1CCC#N. The number of hydrogen-bond donors (Lipinski definition) is 1. The third kappa shape index (κ3) is 5.72. The van der Waals surface area contributed by atoms with Crippen LogP contribution in [-0.4, -0.2) is 16.9 Å². The largest absolute Gasteiger partial charge is 0.272 e. The van der Waals surface area contributed by atoms with Crippen molar-refractivity contribution in [2.45, 2.75) is 55.6 Å². The molecule has 0 aliphatic heterocycles. The van der Waals surface area contributed by atoms with Crippen molar-refractivity contribution >= 4 is 23.4 Å². The summed E-state index contributed by atoms with van der Waals surface area (Å²) < 4.78 is 0. The van der Waals surface area contributed by atoms with Gasteiger partial charge in [0, 0.05) is 22.9 Å². The van der Waals surface area contributed by atoms with Crippen LogP contribution in [0, 0.1) is 17.2 Å². The molecule has 1 fully saturated rings.